The summed E-state index contributed by atoms with van der Waals surface area (Å²) < 4.78 is 66.4. The third-order valence-electron chi connectivity index (χ3n) is 6.30. The van der Waals surface area contributed by atoms with E-state index in [0.29, 0.717) is 11.1 Å². The minimum absolute atomic E-state index is 0.0145. The smallest absolute Gasteiger partial charge is 0.416 e. The van der Waals surface area contributed by atoms with E-state index in [2.05, 4.69) is 15.4 Å². The first-order valence-electron chi connectivity index (χ1n) is 13.3. The molecule has 0 aliphatic heterocycles. The molecule has 0 saturated carbocycles. The normalized spacial score (nSPS) is 11.6. The van der Waals surface area contributed by atoms with Crippen LogP contribution in [0.4, 0.5) is 23.2 Å². The van der Waals surface area contributed by atoms with Crippen LogP contribution < -0.4 is 20.3 Å². The molecule has 5 aromatic rings. The van der Waals surface area contributed by atoms with E-state index in [4.69, 9.17) is 9.47 Å². The number of hydrogen-bond acceptors (Lipinski definition) is 6. The summed E-state index contributed by atoms with van der Waals surface area (Å²) in [5.74, 6) is -0.772. The number of carbonyl (C=O) groups excluding carboxylic acids is 1. The van der Waals surface area contributed by atoms with Gasteiger partial charge in [0.05, 0.1) is 35.0 Å². The van der Waals surface area contributed by atoms with Gasteiger partial charge in [-0.25, -0.2) is 9.37 Å². The van der Waals surface area contributed by atoms with Gasteiger partial charge < -0.3 is 14.8 Å². The molecule has 1 aromatic heterocycles. The summed E-state index contributed by atoms with van der Waals surface area (Å²) in [5, 5.41) is 6.95. The number of nitrogens with zero attached hydrogens (tertiary/aromatic N) is 3. The third kappa shape index (κ3) is 6.75. The summed E-state index contributed by atoms with van der Waals surface area (Å²) in [5.41, 5.74) is -0.660. The quantitative estimate of drug-likeness (QED) is 0.153. The van der Waals surface area contributed by atoms with Crippen molar-refractivity contribution in [1.29, 1.82) is 0 Å². The Hall–Kier alpha value is -5.52. The number of para-hydroxylation sites is 2. The molecule has 5 rings (SSSR count). The number of hydrogen-bond donors (Lipinski definition) is 1. The lowest BCUT2D eigenvalue weighted by Gasteiger charge is -2.13. The molecule has 4 aromatic carbocycles. The zero-order valence-corrected chi connectivity index (χ0v) is 23.1. The molecular weight excluding hydrogens is 580 g/mol. The molecule has 12 heteroatoms. The number of halogens is 4. The maximum Gasteiger partial charge on any atom is 0.416 e. The zero-order valence-electron chi connectivity index (χ0n) is 23.1. The van der Waals surface area contributed by atoms with E-state index in [0.717, 1.165) is 16.8 Å². The van der Waals surface area contributed by atoms with Crippen molar-refractivity contribution >= 4 is 28.7 Å². The summed E-state index contributed by atoms with van der Waals surface area (Å²) in [7, 11) is 0. The van der Waals surface area contributed by atoms with Crippen molar-refractivity contribution in [2.45, 2.75) is 13.1 Å². The number of carbonyl (C=O) groups is 1. The van der Waals surface area contributed by atoms with E-state index in [1.165, 1.54) is 42.6 Å². The summed E-state index contributed by atoms with van der Waals surface area (Å²) in [6.07, 6.45) is -3.27. The van der Waals surface area contributed by atoms with Gasteiger partial charge in [0, 0.05) is 5.56 Å². The number of nitrogens with one attached hydrogen (secondary N) is 1. The van der Waals surface area contributed by atoms with Gasteiger partial charge in [0.2, 0.25) is 0 Å². The van der Waals surface area contributed by atoms with E-state index in [1.54, 1.807) is 49.4 Å². The van der Waals surface area contributed by atoms with Crippen molar-refractivity contribution in [3.63, 3.8) is 0 Å². The maximum atomic E-state index is 13.8. The molecule has 0 spiro atoms. The second-order valence-electron chi connectivity index (χ2n) is 9.35. The fourth-order valence-corrected chi connectivity index (χ4v) is 4.26. The fraction of sp³-hybridized carbons (Fsp3) is 0.125. The predicted octanol–water partition coefficient (Wildman–Crippen LogP) is 6.52. The molecule has 1 heterocycles. The van der Waals surface area contributed by atoms with Crippen LogP contribution in [0.15, 0.2) is 101 Å². The lowest BCUT2D eigenvalue weighted by Crippen LogP contribution is -2.21. The van der Waals surface area contributed by atoms with Gasteiger partial charge in [-0.3, -0.25) is 9.59 Å². The van der Waals surface area contributed by atoms with Crippen LogP contribution in [-0.2, 0) is 11.0 Å². The molecule has 0 fully saturated rings. The highest BCUT2D eigenvalue weighted by Crippen LogP contribution is 2.32. The first kappa shape index (κ1) is 30.0. The van der Waals surface area contributed by atoms with E-state index in [1.807, 2.05) is 0 Å². The predicted molar refractivity (Wildman–Crippen MR) is 158 cm³/mol. The highest BCUT2D eigenvalue weighted by atomic mass is 19.4. The van der Waals surface area contributed by atoms with Crippen molar-refractivity contribution in [2.24, 2.45) is 5.10 Å². The highest BCUT2D eigenvalue weighted by molar-refractivity contribution is 5.92. The Morgan fingerprint density at radius 3 is 2.50 bits per heavy atom. The molecule has 1 N–H and O–H groups in total. The van der Waals surface area contributed by atoms with Crippen molar-refractivity contribution in [3.8, 4) is 22.9 Å². The van der Waals surface area contributed by atoms with Crippen molar-refractivity contribution < 1.29 is 31.8 Å². The number of fused-ring (bicyclic) bond motifs is 1. The SMILES string of the molecule is CCOc1cc(C=Nn2c(-c3cccc(C(F)(F)F)c3)nc3ccccc3c2=O)ccc1OCC(=O)Nc1ccccc1F. The summed E-state index contributed by atoms with van der Waals surface area (Å²) in [6, 6.07) is 21.3. The monoisotopic (exact) mass is 604 g/mol. The molecule has 0 aliphatic rings. The summed E-state index contributed by atoms with van der Waals surface area (Å²) in [4.78, 5) is 30.2. The van der Waals surface area contributed by atoms with Gasteiger partial charge in [-0.1, -0.05) is 36.4 Å². The second kappa shape index (κ2) is 12.8. The van der Waals surface area contributed by atoms with E-state index < -0.39 is 35.6 Å². The van der Waals surface area contributed by atoms with Gasteiger partial charge in [-0.15, -0.1) is 0 Å². The molecule has 0 radical (unpaired) electrons. The second-order valence-corrected chi connectivity index (χ2v) is 9.35. The Morgan fingerprint density at radius 2 is 1.73 bits per heavy atom. The number of benzene rings is 4. The van der Waals surface area contributed by atoms with Gasteiger partial charge in [0.25, 0.3) is 11.5 Å². The number of amides is 1. The first-order chi connectivity index (χ1) is 21.1. The molecule has 0 saturated heterocycles. The largest absolute Gasteiger partial charge is 0.490 e. The average Bonchev–Trinajstić information content (AvgIpc) is 3.01. The van der Waals surface area contributed by atoms with Crippen molar-refractivity contribution in [2.75, 3.05) is 18.5 Å². The standard InChI is InChI=1S/C32H24F4N4O4/c1-2-43-28-16-20(14-15-27(28)44-19-29(41)38-26-13-6-4-11-24(26)33)18-37-40-30(21-8-7-9-22(17-21)32(34,35)36)39-25-12-5-3-10-23(25)31(40)42/h3-18H,2,19H2,1H3,(H,38,41). The van der Waals surface area contributed by atoms with Gasteiger partial charge in [-0.2, -0.15) is 22.9 Å². The summed E-state index contributed by atoms with van der Waals surface area (Å²) >= 11 is 0. The van der Waals surface area contributed by atoms with Crippen LogP contribution in [0.1, 0.15) is 18.1 Å². The van der Waals surface area contributed by atoms with Gasteiger partial charge in [-0.05, 0) is 67.1 Å². The highest BCUT2D eigenvalue weighted by Gasteiger charge is 2.31. The van der Waals surface area contributed by atoms with Gasteiger partial charge in [0.1, 0.15) is 5.82 Å². The minimum atomic E-state index is -4.60. The number of anilines is 1. The molecular formula is C32H24F4N4O4. The Kier molecular flexibility index (Phi) is 8.70. The average molecular weight is 605 g/mol. The van der Waals surface area contributed by atoms with Crippen LogP contribution in [0.2, 0.25) is 0 Å². The fourth-order valence-electron chi connectivity index (χ4n) is 4.26. The van der Waals surface area contributed by atoms with Crippen LogP contribution in [0, 0.1) is 5.82 Å². The Labute approximate surface area is 248 Å². The molecule has 0 atom stereocenters. The molecule has 0 unspecified atom stereocenters. The lowest BCUT2D eigenvalue weighted by atomic mass is 10.1. The van der Waals surface area contributed by atoms with Gasteiger partial charge in [0.15, 0.2) is 23.9 Å². The van der Waals surface area contributed by atoms with Crippen LogP contribution in [0.5, 0.6) is 11.5 Å². The van der Waals surface area contributed by atoms with Gasteiger partial charge >= 0.3 is 6.18 Å². The molecule has 0 aliphatic carbocycles. The Morgan fingerprint density at radius 1 is 0.955 bits per heavy atom. The van der Waals surface area contributed by atoms with E-state index in [9.17, 15) is 27.2 Å². The number of rotatable bonds is 9. The molecule has 224 valence electrons. The Bertz CT molecular complexity index is 1920. The van der Waals surface area contributed by atoms with Crippen molar-refractivity contribution in [3.05, 3.63) is 118 Å². The first-order valence-corrected chi connectivity index (χ1v) is 13.3. The maximum absolute atomic E-state index is 13.8. The number of ether oxygens (including phenoxy) is 2. The lowest BCUT2D eigenvalue weighted by molar-refractivity contribution is -0.137. The molecule has 1 amide bonds. The van der Waals surface area contributed by atoms with Crippen LogP contribution in [0.25, 0.3) is 22.3 Å². The molecule has 8 nitrogen and oxygen atoms in total. The topological polar surface area (TPSA) is 94.8 Å². The van der Waals surface area contributed by atoms with E-state index >= 15 is 0 Å². The molecule has 0 bridgehead atoms. The van der Waals surface area contributed by atoms with E-state index in [-0.39, 0.29) is 40.6 Å². The zero-order chi connectivity index (χ0) is 31.3. The number of alkyl halides is 3. The Balaban J connectivity index is 1.45. The number of aromatic nitrogens is 2. The van der Waals surface area contributed by atoms with Crippen LogP contribution in [0.3, 0.4) is 0 Å². The van der Waals surface area contributed by atoms with Crippen molar-refractivity contribution in [1.82, 2.24) is 9.66 Å². The van der Waals surface area contributed by atoms with Crippen LogP contribution >= 0.6 is 0 Å². The molecule has 44 heavy (non-hydrogen) atoms. The van der Waals surface area contributed by atoms with Crippen LogP contribution in [-0.4, -0.2) is 35.0 Å². The minimum Gasteiger partial charge on any atom is -0.490 e. The summed E-state index contributed by atoms with van der Waals surface area (Å²) in [6.45, 7) is 1.57. The third-order valence-corrected chi connectivity index (χ3v) is 6.30.